The van der Waals surface area contributed by atoms with Gasteiger partial charge >= 0.3 is 0 Å². The molecule has 2 nitrogen and oxygen atoms in total. The summed E-state index contributed by atoms with van der Waals surface area (Å²) in [4.78, 5) is 0.626. The van der Waals surface area contributed by atoms with E-state index in [9.17, 15) is 0 Å². The van der Waals surface area contributed by atoms with Crippen LogP contribution >= 0.6 is 31.9 Å². The van der Waals surface area contributed by atoms with E-state index in [1.54, 1.807) is 0 Å². The maximum Gasteiger partial charge on any atom is 0.0738 e. The molecule has 0 saturated heterocycles. The predicted molar refractivity (Wildman–Crippen MR) is 76.1 cm³/mol. The molecule has 0 aliphatic carbocycles. The lowest BCUT2D eigenvalue weighted by Crippen LogP contribution is -2.08. The van der Waals surface area contributed by atoms with E-state index < -0.39 is 0 Å². The maximum absolute atomic E-state index is 4.40. The van der Waals surface area contributed by atoms with Crippen LogP contribution < -0.4 is 0 Å². The molecule has 0 bridgehead atoms. The van der Waals surface area contributed by atoms with Gasteiger partial charge in [-0.25, -0.2) is 0 Å². The zero-order valence-corrected chi connectivity index (χ0v) is 13.6. The second kappa shape index (κ2) is 6.20. The summed E-state index contributed by atoms with van der Waals surface area (Å²) in [6.45, 7) is 6.54. The van der Waals surface area contributed by atoms with Crippen LogP contribution in [-0.4, -0.2) is 14.6 Å². The fraction of sp³-hybridized carbons (Fsp3) is 0.750. The van der Waals surface area contributed by atoms with E-state index in [1.807, 2.05) is 18.7 Å². The van der Waals surface area contributed by atoms with Gasteiger partial charge in [-0.15, -0.1) is 0 Å². The summed E-state index contributed by atoms with van der Waals surface area (Å²) in [5.41, 5.74) is 2.39. The molecule has 1 unspecified atom stereocenters. The molecule has 0 spiro atoms. The average molecular weight is 352 g/mol. The Balaban J connectivity index is 2.49. The molecular formula is C12H20Br2N2. The predicted octanol–water partition coefficient (Wildman–Crippen LogP) is 4.23. The highest BCUT2D eigenvalue weighted by molar-refractivity contribution is 9.10. The van der Waals surface area contributed by atoms with Gasteiger partial charge < -0.3 is 0 Å². The van der Waals surface area contributed by atoms with Gasteiger partial charge in [-0.2, -0.15) is 5.10 Å². The number of nitrogens with zero attached hydrogens (tertiary/aromatic N) is 2. The van der Waals surface area contributed by atoms with Gasteiger partial charge in [0.15, 0.2) is 0 Å². The van der Waals surface area contributed by atoms with E-state index in [2.05, 4.69) is 50.8 Å². The molecule has 92 valence electrons. The van der Waals surface area contributed by atoms with Gasteiger partial charge in [-0.1, -0.05) is 29.8 Å². The lowest BCUT2D eigenvalue weighted by atomic mass is 10.0. The smallest absolute Gasteiger partial charge is 0.0738 e. The molecule has 1 aromatic heterocycles. The molecule has 0 aliphatic heterocycles. The van der Waals surface area contributed by atoms with Crippen LogP contribution in [0.1, 0.15) is 38.1 Å². The van der Waals surface area contributed by atoms with Crippen molar-refractivity contribution < 1.29 is 0 Å². The van der Waals surface area contributed by atoms with Gasteiger partial charge in [0.05, 0.1) is 15.9 Å². The van der Waals surface area contributed by atoms with E-state index in [0.29, 0.717) is 10.7 Å². The first-order valence-corrected chi connectivity index (χ1v) is 7.46. The third-order valence-corrected chi connectivity index (χ3v) is 5.43. The topological polar surface area (TPSA) is 17.8 Å². The molecule has 0 N–H and O–H groups in total. The molecule has 1 heterocycles. The monoisotopic (exact) mass is 350 g/mol. The van der Waals surface area contributed by atoms with Gasteiger partial charge in [-0.3, -0.25) is 4.68 Å². The van der Waals surface area contributed by atoms with Gasteiger partial charge in [-0.05, 0) is 48.0 Å². The first-order valence-electron chi connectivity index (χ1n) is 5.75. The van der Waals surface area contributed by atoms with Gasteiger partial charge in [0.2, 0.25) is 0 Å². The normalized spacial score (nSPS) is 13.4. The van der Waals surface area contributed by atoms with Crippen molar-refractivity contribution in [2.75, 3.05) is 0 Å². The van der Waals surface area contributed by atoms with Crippen molar-refractivity contribution in [3.63, 3.8) is 0 Å². The zero-order valence-electron chi connectivity index (χ0n) is 10.4. The van der Waals surface area contributed by atoms with Crippen LogP contribution in [0.2, 0.25) is 0 Å². The molecule has 0 radical (unpaired) electrons. The Morgan fingerprint density at radius 2 is 2.00 bits per heavy atom. The van der Waals surface area contributed by atoms with E-state index >= 15 is 0 Å². The maximum atomic E-state index is 4.40. The highest BCUT2D eigenvalue weighted by Crippen LogP contribution is 2.24. The van der Waals surface area contributed by atoms with Crippen LogP contribution in [-0.2, 0) is 13.5 Å². The van der Waals surface area contributed by atoms with E-state index in [0.717, 1.165) is 12.1 Å². The van der Waals surface area contributed by atoms with E-state index in [1.165, 1.54) is 23.0 Å². The van der Waals surface area contributed by atoms with Gasteiger partial charge in [0.25, 0.3) is 0 Å². The molecule has 1 rings (SSSR count). The Morgan fingerprint density at radius 1 is 1.38 bits per heavy atom. The first-order chi connectivity index (χ1) is 7.43. The summed E-state index contributed by atoms with van der Waals surface area (Å²) in [5, 5.41) is 4.40. The van der Waals surface area contributed by atoms with Crippen molar-refractivity contribution in [3.8, 4) is 0 Å². The number of rotatable bonds is 5. The molecule has 16 heavy (non-hydrogen) atoms. The lowest BCUT2D eigenvalue weighted by Gasteiger charge is -2.13. The van der Waals surface area contributed by atoms with Crippen molar-refractivity contribution in [3.05, 3.63) is 15.9 Å². The van der Waals surface area contributed by atoms with Crippen LogP contribution in [0.25, 0.3) is 0 Å². The Bertz CT molecular complexity index is 345. The van der Waals surface area contributed by atoms with Crippen LogP contribution in [0.15, 0.2) is 4.47 Å². The summed E-state index contributed by atoms with van der Waals surface area (Å²) < 4.78 is 3.16. The number of halogens is 2. The number of aryl methyl sites for hydroxylation is 2. The third kappa shape index (κ3) is 3.59. The third-order valence-electron chi connectivity index (χ3n) is 2.88. The van der Waals surface area contributed by atoms with Gasteiger partial charge in [0.1, 0.15) is 0 Å². The van der Waals surface area contributed by atoms with Crippen LogP contribution in [0.3, 0.4) is 0 Å². The van der Waals surface area contributed by atoms with Crippen LogP contribution in [0.4, 0.5) is 0 Å². The molecule has 0 saturated carbocycles. The number of hydrogen-bond acceptors (Lipinski definition) is 1. The van der Waals surface area contributed by atoms with E-state index in [4.69, 9.17) is 0 Å². The van der Waals surface area contributed by atoms with Crippen LogP contribution in [0.5, 0.6) is 0 Å². The highest BCUT2D eigenvalue weighted by Gasteiger charge is 2.12. The number of hydrogen-bond donors (Lipinski definition) is 0. The first kappa shape index (κ1) is 14.2. The van der Waals surface area contributed by atoms with Crippen molar-refractivity contribution in [2.24, 2.45) is 13.0 Å². The lowest BCUT2D eigenvalue weighted by molar-refractivity contribution is 0.554. The molecule has 0 aliphatic rings. The summed E-state index contributed by atoms with van der Waals surface area (Å²) in [6, 6.07) is 0. The Labute approximate surface area is 115 Å². The number of aromatic nitrogens is 2. The quantitative estimate of drug-likeness (QED) is 0.725. The minimum atomic E-state index is 0.626. The summed E-state index contributed by atoms with van der Waals surface area (Å²) in [5.74, 6) is 0.705. The van der Waals surface area contributed by atoms with Crippen LogP contribution in [0, 0.1) is 12.8 Å². The average Bonchev–Trinajstić information content (AvgIpc) is 2.44. The van der Waals surface area contributed by atoms with Crippen molar-refractivity contribution in [1.29, 1.82) is 0 Å². The fourth-order valence-electron chi connectivity index (χ4n) is 1.75. The second-order valence-corrected chi connectivity index (χ2v) is 6.59. The Kier molecular flexibility index (Phi) is 5.51. The molecule has 0 fully saturated rings. The molecule has 4 heteroatoms. The summed E-state index contributed by atoms with van der Waals surface area (Å²) in [7, 11) is 2.02. The minimum absolute atomic E-state index is 0.626. The Morgan fingerprint density at radius 3 is 2.44 bits per heavy atom. The summed E-state index contributed by atoms with van der Waals surface area (Å²) in [6.07, 6.45) is 3.51. The fourth-order valence-corrected chi connectivity index (χ4v) is 2.61. The molecule has 1 aromatic rings. The largest absolute Gasteiger partial charge is 0.271 e. The Hall–Kier alpha value is 0.170. The standard InChI is InChI=1S/C12H20Br2N2/c1-8(2)10(13)6-5-7-11-12(14)9(3)15-16(11)4/h8,10H,5-7H2,1-4H3. The SMILES string of the molecule is Cc1nn(C)c(CCCC(Br)C(C)C)c1Br. The molecule has 1 atom stereocenters. The van der Waals surface area contributed by atoms with Gasteiger partial charge in [0, 0.05) is 11.9 Å². The number of alkyl halides is 1. The molecular weight excluding hydrogens is 332 g/mol. The highest BCUT2D eigenvalue weighted by atomic mass is 79.9. The van der Waals surface area contributed by atoms with Crippen molar-refractivity contribution >= 4 is 31.9 Å². The van der Waals surface area contributed by atoms with Crippen molar-refractivity contribution in [2.45, 2.75) is 44.9 Å². The van der Waals surface area contributed by atoms with Crippen molar-refractivity contribution in [1.82, 2.24) is 9.78 Å². The molecule has 0 aromatic carbocycles. The molecule has 0 amide bonds. The van der Waals surface area contributed by atoms with E-state index in [-0.39, 0.29) is 0 Å². The second-order valence-electron chi connectivity index (χ2n) is 4.62. The minimum Gasteiger partial charge on any atom is -0.271 e. The summed E-state index contributed by atoms with van der Waals surface area (Å²) >= 11 is 7.33. The zero-order chi connectivity index (χ0) is 12.3.